The maximum atomic E-state index is 6.28. The van der Waals surface area contributed by atoms with Gasteiger partial charge in [-0.05, 0) is 30.0 Å². The van der Waals surface area contributed by atoms with Crippen molar-refractivity contribution in [2.45, 2.75) is 39.4 Å². The smallest absolute Gasteiger partial charge is 0.127 e. The summed E-state index contributed by atoms with van der Waals surface area (Å²) in [6.07, 6.45) is 1.03. The summed E-state index contributed by atoms with van der Waals surface area (Å²) in [5.74, 6) is 3.40. The minimum absolute atomic E-state index is 0.251. The average Bonchev–Trinajstić information content (AvgIpc) is 2.79. The van der Waals surface area contributed by atoms with Gasteiger partial charge in [-0.2, -0.15) is 0 Å². The molecule has 3 nitrogen and oxygen atoms in total. The molecule has 0 aliphatic carbocycles. The molecule has 1 atom stereocenters. The third kappa shape index (κ3) is 4.92. The van der Waals surface area contributed by atoms with Crippen molar-refractivity contribution < 1.29 is 14.2 Å². The Morgan fingerprint density at radius 2 is 1.72 bits per heavy atom. The molecule has 2 bridgehead atoms. The van der Waals surface area contributed by atoms with Gasteiger partial charge in [-0.3, -0.25) is 0 Å². The van der Waals surface area contributed by atoms with Crippen LogP contribution in [-0.2, 0) is 13.2 Å². The Bertz CT molecular complexity index is 934. The van der Waals surface area contributed by atoms with Crippen molar-refractivity contribution in [1.29, 1.82) is 0 Å². The van der Waals surface area contributed by atoms with Crippen LogP contribution in [0.15, 0.2) is 72.8 Å². The first kappa shape index (κ1) is 19.4. The molecule has 0 amide bonds. The largest absolute Gasteiger partial charge is 0.493 e. The predicted octanol–water partition coefficient (Wildman–Crippen LogP) is 6.37. The second-order valence-electron chi connectivity index (χ2n) is 8.01. The van der Waals surface area contributed by atoms with Crippen LogP contribution < -0.4 is 14.2 Å². The van der Waals surface area contributed by atoms with Crippen LogP contribution in [0, 0.1) is 5.92 Å². The van der Waals surface area contributed by atoms with Crippen molar-refractivity contribution >= 4 is 0 Å². The van der Waals surface area contributed by atoms with Crippen LogP contribution in [0.4, 0.5) is 0 Å². The number of hydrogen-bond donors (Lipinski definition) is 0. The molecule has 150 valence electrons. The van der Waals surface area contributed by atoms with E-state index < -0.39 is 0 Å². The molecule has 0 radical (unpaired) electrons. The van der Waals surface area contributed by atoms with Crippen LogP contribution in [-0.4, -0.2) is 6.61 Å². The van der Waals surface area contributed by atoms with Crippen molar-refractivity contribution in [3.8, 4) is 17.2 Å². The molecule has 2 aliphatic heterocycles. The van der Waals surface area contributed by atoms with E-state index in [-0.39, 0.29) is 5.92 Å². The lowest BCUT2D eigenvalue weighted by molar-refractivity contribution is 0.253. The molecule has 3 heteroatoms. The Morgan fingerprint density at radius 3 is 2.55 bits per heavy atom. The van der Waals surface area contributed by atoms with Crippen LogP contribution in [0.5, 0.6) is 17.2 Å². The third-order valence-corrected chi connectivity index (χ3v) is 5.22. The second kappa shape index (κ2) is 9.04. The van der Waals surface area contributed by atoms with Gasteiger partial charge in [0.25, 0.3) is 0 Å². The highest BCUT2D eigenvalue weighted by Crippen LogP contribution is 2.37. The summed E-state index contributed by atoms with van der Waals surface area (Å²) in [5, 5.41) is 0. The van der Waals surface area contributed by atoms with Gasteiger partial charge in [0.15, 0.2) is 0 Å². The molecule has 0 fully saturated rings. The molecule has 3 aromatic carbocycles. The lowest BCUT2D eigenvalue weighted by atomic mass is 9.90. The quantitative estimate of drug-likeness (QED) is 0.508. The summed E-state index contributed by atoms with van der Waals surface area (Å²) in [6, 6.07) is 24.6. The zero-order chi connectivity index (χ0) is 20.1. The minimum Gasteiger partial charge on any atom is -0.493 e. The molecule has 29 heavy (non-hydrogen) atoms. The van der Waals surface area contributed by atoms with E-state index in [0.717, 1.165) is 34.8 Å². The summed E-state index contributed by atoms with van der Waals surface area (Å²) < 4.78 is 18.6. The van der Waals surface area contributed by atoms with E-state index in [2.05, 4.69) is 38.1 Å². The molecule has 2 aliphatic rings. The zero-order valence-electron chi connectivity index (χ0n) is 17.1. The molecule has 0 saturated heterocycles. The van der Waals surface area contributed by atoms with Crippen LogP contribution in [0.1, 0.15) is 42.9 Å². The summed E-state index contributed by atoms with van der Waals surface area (Å²) in [4.78, 5) is 0. The highest BCUT2D eigenvalue weighted by atomic mass is 16.5. The fourth-order valence-electron chi connectivity index (χ4n) is 3.77. The zero-order valence-corrected chi connectivity index (χ0v) is 17.1. The first-order valence-corrected chi connectivity index (χ1v) is 10.3. The second-order valence-corrected chi connectivity index (χ2v) is 8.01. The lowest BCUT2D eigenvalue weighted by Gasteiger charge is -2.23. The van der Waals surface area contributed by atoms with Crippen molar-refractivity contribution in [2.24, 2.45) is 5.92 Å². The van der Waals surface area contributed by atoms with E-state index >= 15 is 0 Å². The van der Waals surface area contributed by atoms with Crippen molar-refractivity contribution in [3.05, 3.63) is 89.5 Å². The van der Waals surface area contributed by atoms with E-state index in [4.69, 9.17) is 14.2 Å². The fourth-order valence-corrected chi connectivity index (χ4v) is 3.77. The normalized spacial score (nSPS) is 15.8. The Balaban J connectivity index is 1.66. The molecular formula is C26H28O3. The van der Waals surface area contributed by atoms with Crippen LogP contribution in [0.25, 0.3) is 0 Å². The SMILES string of the molecule is CC(C)CC1COc2ccccc2COc2ccc1c(OCc1ccccc1)c2. The van der Waals surface area contributed by atoms with Crippen molar-refractivity contribution in [1.82, 2.24) is 0 Å². The molecule has 0 saturated carbocycles. The molecule has 0 N–H and O–H groups in total. The molecule has 1 unspecified atom stereocenters. The fraction of sp³-hybridized carbons (Fsp3) is 0.308. The summed E-state index contributed by atoms with van der Waals surface area (Å²) in [6.45, 7) is 6.13. The maximum absolute atomic E-state index is 6.28. The van der Waals surface area contributed by atoms with Crippen molar-refractivity contribution in [3.63, 3.8) is 0 Å². The molecule has 3 aromatic rings. The number of rotatable bonds is 5. The van der Waals surface area contributed by atoms with Crippen LogP contribution in [0.3, 0.4) is 0 Å². The van der Waals surface area contributed by atoms with Gasteiger partial charge in [-0.15, -0.1) is 0 Å². The molecule has 5 rings (SSSR count). The van der Waals surface area contributed by atoms with Gasteiger partial charge in [0.05, 0.1) is 6.61 Å². The summed E-state index contributed by atoms with van der Waals surface area (Å²) >= 11 is 0. The van der Waals surface area contributed by atoms with Gasteiger partial charge in [-0.1, -0.05) is 68.4 Å². The number of ether oxygens (including phenoxy) is 3. The van der Waals surface area contributed by atoms with E-state index in [1.807, 2.05) is 48.5 Å². The Labute approximate surface area is 173 Å². The van der Waals surface area contributed by atoms with Gasteiger partial charge < -0.3 is 14.2 Å². The standard InChI is InChI=1S/C26H28O3/c1-19(2)14-22-18-29-25-11-7-6-10-21(25)17-27-23-12-13-24(22)26(15-23)28-16-20-8-4-3-5-9-20/h3-13,15,19,22H,14,16-18H2,1-2H3. The first-order chi connectivity index (χ1) is 14.2. The van der Waals surface area contributed by atoms with Gasteiger partial charge in [0, 0.05) is 23.1 Å². The summed E-state index contributed by atoms with van der Waals surface area (Å²) in [7, 11) is 0. The number of benzene rings is 3. The highest BCUT2D eigenvalue weighted by Gasteiger charge is 2.21. The maximum Gasteiger partial charge on any atom is 0.127 e. The molecular weight excluding hydrogens is 360 g/mol. The predicted molar refractivity (Wildman–Crippen MR) is 116 cm³/mol. The van der Waals surface area contributed by atoms with E-state index in [9.17, 15) is 0 Å². The third-order valence-electron chi connectivity index (χ3n) is 5.22. The lowest BCUT2D eigenvalue weighted by Crippen LogP contribution is -2.14. The van der Waals surface area contributed by atoms with Gasteiger partial charge >= 0.3 is 0 Å². The first-order valence-electron chi connectivity index (χ1n) is 10.3. The molecule has 0 aromatic heterocycles. The highest BCUT2D eigenvalue weighted by molar-refractivity contribution is 5.44. The topological polar surface area (TPSA) is 27.7 Å². The van der Waals surface area contributed by atoms with Gasteiger partial charge in [0.1, 0.15) is 30.5 Å². The Kier molecular flexibility index (Phi) is 6.04. The monoisotopic (exact) mass is 388 g/mol. The minimum atomic E-state index is 0.251. The van der Waals surface area contributed by atoms with E-state index in [1.54, 1.807) is 0 Å². The van der Waals surface area contributed by atoms with Crippen LogP contribution >= 0.6 is 0 Å². The number of fused-ring (bicyclic) bond motifs is 5. The van der Waals surface area contributed by atoms with Crippen molar-refractivity contribution in [2.75, 3.05) is 6.61 Å². The van der Waals surface area contributed by atoms with E-state index in [1.165, 1.54) is 5.56 Å². The number of para-hydroxylation sites is 1. The van der Waals surface area contributed by atoms with Crippen LogP contribution in [0.2, 0.25) is 0 Å². The Hall–Kier alpha value is -2.94. The van der Waals surface area contributed by atoms with E-state index in [0.29, 0.717) is 25.7 Å². The number of hydrogen-bond acceptors (Lipinski definition) is 3. The molecule has 0 spiro atoms. The van der Waals surface area contributed by atoms with Gasteiger partial charge in [-0.25, -0.2) is 0 Å². The summed E-state index contributed by atoms with van der Waals surface area (Å²) in [5.41, 5.74) is 3.40. The Morgan fingerprint density at radius 1 is 0.931 bits per heavy atom. The average molecular weight is 389 g/mol. The molecule has 2 heterocycles. The van der Waals surface area contributed by atoms with Gasteiger partial charge in [0.2, 0.25) is 0 Å².